The minimum atomic E-state index is -1.46. The molecule has 0 unspecified atom stereocenters. The fourth-order valence-electron chi connectivity index (χ4n) is 31.3. The molecule has 12 aromatic carbocycles. The van der Waals surface area contributed by atoms with E-state index in [1.807, 2.05) is 194 Å². The number of anilines is 2. The number of hydrogen-bond donors (Lipinski definition) is 6. The highest BCUT2D eigenvalue weighted by Crippen LogP contribution is 2.74. The predicted octanol–water partition coefficient (Wildman–Crippen LogP) is 26.2. The van der Waals surface area contributed by atoms with Crippen LogP contribution in [0.15, 0.2) is 255 Å². The molecule has 16 saturated carbocycles. The van der Waals surface area contributed by atoms with E-state index in [1.165, 1.54) is 122 Å². The van der Waals surface area contributed by atoms with Crippen LogP contribution in [0.1, 0.15) is 264 Å². The summed E-state index contributed by atoms with van der Waals surface area (Å²) in [4.78, 5) is 32.5. The summed E-state index contributed by atoms with van der Waals surface area (Å²) in [5, 5.41) is 59.7. The molecule has 0 saturated heterocycles. The van der Waals surface area contributed by atoms with Gasteiger partial charge in [0.25, 0.3) is 11.8 Å². The number of phenols is 4. The largest absolute Gasteiger partial charge is 0.508 e. The van der Waals surface area contributed by atoms with E-state index in [1.54, 1.807) is 24.3 Å². The molecule has 16 fully saturated rings. The second-order valence-electron chi connectivity index (χ2n) is 43.2. The van der Waals surface area contributed by atoms with Gasteiger partial charge < -0.3 is 31.1 Å². The Bertz CT molecular complexity index is 6450. The Balaban J connectivity index is 0.825. The van der Waals surface area contributed by atoms with Crippen molar-refractivity contribution in [2.75, 3.05) is 10.6 Å². The molecule has 131 heavy (non-hydrogen) atoms. The van der Waals surface area contributed by atoms with Crippen LogP contribution in [0.2, 0.25) is 0 Å². The average molecular weight is 1710 g/mol. The summed E-state index contributed by atoms with van der Waals surface area (Å²) in [5.41, 5.74) is 19.1. The number of nitrogens with one attached hydrogen (secondary N) is 2. The lowest BCUT2D eigenvalue weighted by molar-refractivity contribution is -0.00894. The van der Waals surface area contributed by atoms with Gasteiger partial charge in [-0.1, -0.05) is 169 Å². The lowest BCUT2D eigenvalue weighted by Crippen LogP contribution is -2.50. The zero-order valence-electron chi connectivity index (χ0n) is 74.3. The number of amides is 2. The van der Waals surface area contributed by atoms with Gasteiger partial charge in [-0.05, 0) is 447 Å². The molecule has 0 radical (unpaired) electrons. The number of phenolic OH excluding ortho intramolecular Hbond substituents is 4. The van der Waals surface area contributed by atoms with Crippen molar-refractivity contribution in [3.63, 3.8) is 0 Å². The van der Waals surface area contributed by atoms with Crippen LogP contribution in [-0.2, 0) is 27.1 Å². The van der Waals surface area contributed by atoms with Gasteiger partial charge in [0.15, 0.2) is 0 Å². The van der Waals surface area contributed by atoms with Gasteiger partial charge in [-0.25, -0.2) is 0 Å². The highest BCUT2D eigenvalue weighted by atomic mass is 16.3. The molecule has 8 heteroatoms. The second-order valence-corrected chi connectivity index (χ2v) is 43.2. The van der Waals surface area contributed by atoms with Gasteiger partial charge >= 0.3 is 0 Å². The van der Waals surface area contributed by atoms with Gasteiger partial charge in [-0.3, -0.25) is 9.59 Å². The summed E-state index contributed by atoms with van der Waals surface area (Å²) in [7, 11) is 0. The minimum absolute atomic E-state index is 0.00339. The van der Waals surface area contributed by atoms with Crippen molar-refractivity contribution in [2.45, 2.75) is 181 Å². The molecule has 0 aliphatic heterocycles. The summed E-state index contributed by atoms with van der Waals surface area (Å²) in [6, 6.07) is 84.8. The molecule has 2 amide bonds. The first-order chi connectivity index (χ1) is 64.0. The van der Waals surface area contributed by atoms with E-state index in [0.717, 1.165) is 99.3 Å². The Hall–Kier alpha value is -13.0. The zero-order chi connectivity index (χ0) is 87.6. The summed E-state index contributed by atoms with van der Waals surface area (Å²) >= 11 is 0. The van der Waals surface area contributed by atoms with E-state index in [2.05, 4.69) is 94.4 Å². The van der Waals surface area contributed by atoms with Crippen molar-refractivity contribution in [1.29, 1.82) is 0 Å². The molecule has 16 bridgehead atoms. The first kappa shape index (κ1) is 80.1. The van der Waals surface area contributed by atoms with E-state index in [-0.39, 0.29) is 67.2 Å². The third-order valence-electron chi connectivity index (χ3n) is 34.8. The Morgan fingerprint density at radius 3 is 0.840 bits per heavy atom. The molecule has 8 nitrogen and oxygen atoms in total. The normalized spacial score (nSPS) is 28.3. The number of carbonyl (C=O) groups excluding carboxylic acids is 2. The first-order valence-electron chi connectivity index (χ1n) is 48.9. The number of aromatic hydroxyl groups is 4. The van der Waals surface area contributed by atoms with Crippen LogP contribution in [0, 0.1) is 118 Å². The fraction of sp³-hybridized carbons (Fsp3) is 0.333. The van der Waals surface area contributed by atoms with Gasteiger partial charge in [0, 0.05) is 55.6 Å². The standard InChI is InChI=1S/C123H108N2O6/c126-97-33-39-105(103(61-97)99-37-41-111(128)101(35-31-77-19-9-3-10-20-77)115(99)124-117(130)93-25-13-23-79(55-93)29-27-75-15-5-1-6-16-75)123(106-40-34-98(127)62-104(106)100-38-42-112(129)102(36-32-78-21-11-4-12-22-78)116(100)125-118(131)94-26-14-24-80(56-94)30-28-76-17-7-2-8-18-76)109-59-95(119-63-81-43-82(64-119)45-83(44-81)65-119)57-107(121-69-87-49-88(70-121)51-89(50-87)71-121)113(109)114-108(122-72-90-52-91(73-122)54-92(53-90)74-122)58-96(60-110(114)123)120-66-84-46-85(67-120)48-86(47-84)68-120/h1-26,33-34,37-42,55-62,81-92,126-129H,43-54,63-74H2,(H,124,130)(H,125,131). The first-order valence-corrected chi connectivity index (χ1v) is 48.9. The lowest BCUT2D eigenvalue weighted by Gasteiger charge is -2.59. The van der Waals surface area contributed by atoms with E-state index in [9.17, 15) is 20.4 Å². The molecular formula is C123H108N2O6. The number of rotatable bonds is 12. The quantitative estimate of drug-likeness (QED) is 0.0674. The minimum Gasteiger partial charge on any atom is -0.508 e. The monoisotopic (exact) mass is 1710 g/mol. The number of carbonyl (C=O) groups is 2. The Labute approximate surface area is 769 Å². The third-order valence-corrected chi connectivity index (χ3v) is 34.8. The van der Waals surface area contributed by atoms with Gasteiger partial charge in [-0.15, -0.1) is 0 Å². The topological polar surface area (TPSA) is 139 Å². The molecule has 12 aromatic rings. The maximum absolute atomic E-state index is 16.3. The molecular weight excluding hydrogens is 1600 g/mol. The SMILES string of the molecule is O=C(Nc1c(-c2cc(O)ccc2C2(c3ccc(O)cc3-c3ccc(O)c(C#Cc4ccccc4)c3NC(=O)c3cccc(C#Cc4ccccc4)c3)c3cc(C45CC6CC(CC(C6)C4)C5)cc(C45CC6CC(CC(C6)C4)C5)c3-c3c(C45CC6CC(CC(C6)C4)C5)cc(C45CC6CC(CC(C6)C4)C5)cc32)ccc(O)c1C#Cc1ccccc1)c1cccc(C#Cc2ccccc2)c1. The summed E-state index contributed by atoms with van der Waals surface area (Å²) in [6.45, 7) is 0. The Kier molecular flexibility index (Phi) is 19.0. The highest BCUT2D eigenvalue weighted by Gasteiger charge is 2.63. The molecule has 0 atom stereocenters. The zero-order valence-corrected chi connectivity index (χ0v) is 74.3. The van der Waals surface area contributed by atoms with Crippen molar-refractivity contribution in [2.24, 2.45) is 71.0 Å². The van der Waals surface area contributed by atoms with Gasteiger partial charge in [0.2, 0.25) is 0 Å². The van der Waals surface area contributed by atoms with Crippen molar-refractivity contribution in [1.82, 2.24) is 0 Å². The van der Waals surface area contributed by atoms with Gasteiger partial charge in [0.05, 0.1) is 27.9 Å². The Morgan fingerprint density at radius 1 is 0.252 bits per heavy atom. The lowest BCUT2D eigenvalue weighted by atomic mass is 9.45. The molecule has 0 heterocycles. The van der Waals surface area contributed by atoms with Crippen molar-refractivity contribution in [3.8, 4) is 104 Å². The van der Waals surface area contributed by atoms with Crippen LogP contribution in [0.4, 0.5) is 11.4 Å². The third kappa shape index (κ3) is 13.8. The van der Waals surface area contributed by atoms with E-state index < -0.39 is 17.2 Å². The van der Waals surface area contributed by atoms with Gasteiger partial charge in [-0.2, -0.15) is 0 Å². The number of fused-ring (bicyclic) bond motifs is 3. The summed E-state index contributed by atoms with van der Waals surface area (Å²) < 4.78 is 0. The highest BCUT2D eigenvalue weighted by molar-refractivity contribution is 6.10. The summed E-state index contributed by atoms with van der Waals surface area (Å²) in [6.07, 6.45) is 29.1. The molecule has 0 spiro atoms. The molecule has 0 aromatic heterocycles. The second kappa shape index (κ2) is 31.1. The van der Waals surface area contributed by atoms with E-state index in [0.29, 0.717) is 127 Å². The fourth-order valence-corrected chi connectivity index (χ4v) is 31.3. The molecule has 17 aliphatic carbocycles. The van der Waals surface area contributed by atoms with Crippen LogP contribution in [-0.4, -0.2) is 32.2 Å². The molecule has 17 aliphatic rings. The van der Waals surface area contributed by atoms with Crippen LogP contribution in [0.5, 0.6) is 23.0 Å². The predicted molar refractivity (Wildman–Crippen MR) is 519 cm³/mol. The Morgan fingerprint density at radius 2 is 0.527 bits per heavy atom. The van der Waals surface area contributed by atoms with Gasteiger partial charge in [0.1, 0.15) is 23.0 Å². The number of hydrogen-bond acceptors (Lipinski definition) is 6. The maximum Gasteiger partial charge on any atom is 0.255 e. The van der Waals surface area contributed by atoms with Crippen LogP contribution < -0.4 is 10.6 Å². The smallest absolute Gasteiger partial charge is 0.255 e. The van der Waals surface area contributed by atoms with Crippen molar-refractivity contribution in [3.05, 3.63) is 355 Å². The summed E-state index contributed by atoms with van der Waals surface area (Å²) in [5.74, 6) is 33.4. The van der Waals surface area contributed by atoms with E-state index >= 15 is 9.59 Å². The van der Waals surface area contributed by atoms with Crippen LogP contribution in [0.3, 0.4) is 0 Å². The average Bonchev–Trinajstić information content (AvgIpc) is 1.50. The molecule has 646 valence electrons. The van der Waals surface area contributed by atoms with Crippen LogP contribution in [0.25, 0.3) is 33.4 Å². The number of benzene rings is 12. The van der Waals surface area contributed by atoms with Crippen LogP contribution >= 0.6 is 0 Å². The van der Waals surface area contributed by atoms with Crippen molar-refractivity contribution < 1.29 is 30.0 Å². The molecule has 29 rings (SSSR count). The van der Waals surface area contributed by atoms with E-state index in [4.69, 9.17) is 0 Å². The van der Waals surface area contributed by atoms with Crippen molar-refractivity contribution >= 4 is 23.2 Å². The molecule has 6 N–H and O–H groups in total. The maximum atomic E-state index is 16.3.